The summed E-state index contributed by atoms with van der Waals surface area (Å²) in [7, 11) is 0. The van der Waals surface area contributed by atoms with Gasteiger partial charge in [-0.3, -0.25) is 14.7 Å². The molecule has 1 saturated carbocycles. The molecule has 2 aliphatic heterocycles. The lowest BCUT2D eigenvalue weighted by Gasteiger charge is -2.42. The largest absolute Gasteiger partial charge is 0.361 e. The highest BCUT2D eigenvalue weighted by Gasteiger charge is 2.57. The predicted molar refractivity (Wildman–Crippen MR) is 116 cm³/mol. The number of ether oxygens (including phenoxy) is 1. The molecular weight excluding hydrogens is 374 g/mol. The number of morpholine rings is 1. The molecule has 1 aromatic heterocycles. The lowest BCUT2D eigenvalue weighted by molar-refractivity contribution is -0.172. The molecule has 3 aliphatic rings. The highest BCUT2D eigenvalue weighted by atomic mass is 16.5. The Bertz CT molecular complexity index is 907. The first-order valence-electron chi connectivity index (χ1n) is 11.2. The van der Waals surface area contributed by atoms with E-state index >= 15 is 0 Å². The molecule has 2 atom stereocenters. The van der Waals surface area contributed by atoms with Crippen LogP contribution in [0, 0.1) is 19.8 Å². The van der Waals surface area contributed by atoms with E-state index in [0.29, 0.717) is 25.6 Å². The van der Waals surface area contributed by atoms with Crippen molar-refractivity contribution in [2.75, 3.05) is 32.8 Å². The van der Waals surface area contributed by atoms with E-state index in [-0.39, 0.29) is 11.8 Å². The average Bonchev–Trinajstić information content (AvgIpc) is 3.46. The van der Waals surface area contributed by atoms with Crippen LogP contribution in [0.15, 0.2) is 42.7 Å². The number of pyridine rings is 1. The number of carbonyl (C=O) groups is 1. The van der Waals surface area contributed by atoms with Gasteiger partial charge in [0.15, 0.2) is 5.60 Å². The zero-order chi connectivity index (χ0) is 20.7. The van der Waals surface area contributed by atoms with Crippen LogP contribution < -0.4 is 0 Å². The van der Waals surface area contributed by atoms with E-state index in [0.717, 1.165) is 25.2 Å². The lowest BCUT2D eigenvalue weighted by atomic mass is 9.83. The summed E-state index contributed by atoms with van der Waals surface area (Å²) in [6, 6.07) is 10.8. The summed E-state index contributed by atoms with van der Waals surface area (Å²) in [5.41, 5.74) is 4.16. The second-order valence-corrected chi connectivity index (χ2v) is 9.44. The smallest absolute Gasteiger partial charge is 0.256 e. The Balaban J connectivity index is 1.45. The Morgan fingerprint density at radius 1 is 1.20 bits per heavy atom. The van der Waals surface area contributed by atoms with Gasteiger partial charge in [-0.25, -0.2) is 0 Å². The van der Waals surface area contributed by atoms with Gasteiger partial charge in [-0.05, 0) is 49.8 Å². The third kappa shape index (κ3) is 3.77. The van der Waals surface area contributed by atoms with Crippen LogP contribution in [0.2, 0.25) is 0 Å². The number of benzene rings is 1. The third-order valence-corrected chi connectivity index (χ3v) is 6.78. The Kier molecular flexibility index (Phi) is 5.11. The van der Waals surface area contributed by atoms with Crippen molar-refractivity contribution >= 4 is 5.91 Å². The van der Waals surface area contributed by atoms with Crippen LogP contribution in [0.1, 0.15) is 41.0 Å². The van der Waals surface area contributed by atoms with Gasteiger partial charge in [-0.2, -0.15) is 0 Å². The number of amides is 1. The Hall–Kier alpha value is -2.24. The van der Waals surface area contributed by atoms with Crippen LogP contribution >= 0.6 is 0 Å². The summed E-state index contributed by atoms with van der Waals surface area (Å²) in [4.78, 5) is 22.6. The van der Waals surface area contributed by atoms with Crippen molar-refractivity contribution in [1.29, 1.82) is 0 Å². The summed E-state index contributed by atoms with van der Waals surface area (Å²) in [6.07, 6.45) is 6.20. The third-order valence-electron chi connectivity index (χ3n) is 6.78. The SMILES string of the molecule is Cc1cc(C)cc(CN2C[C@H](c3cccnc3)[C@@]3(C2)OCCN(CC2CC2)C3=O)c1. The molecule has 158 valence electrons. The molecule has 1 aromatic carbocycles. The van der Waals surface area contributed by atoms with Crippen molar-refractivity contribution in [2.45, 2.75) is 44.8 Å². The number of aromatic nitrogens is 1. The second-order valence-electron chi connectivity index (χ2n) is 9.44. The molecule has 5 nitrogen and oxygen atoms in total. The van der Waals surface area contributed by atoms with Gasteiger partial charge in [0.2, 0.25) is 0 Å². The molecule has 5 rings (SSSR count). The molecule has 2 aromatic rings. The Morgan fingerprint density at radius 3 is 2.70 bits per heavy atom. The normalized spacial score (nSPS) is 27.2. The van der Waals surface area contributed by atoms with Crippen LogP contribution in [0.4, 0.5) is 0 Å². The number of hydrogen-bond acceptors (Lipinski definition) is 4. The highest BCUT2D eigenvalue weighted by molar-refractivity contribution is 5.88. The van der Waals surface area contributed by atoms with Crippen LogP contribution in [0.25, 0.3) is 0 Å². The van der Waals surface area contributed by atoms with Crippen molar-refractivity contribution in [3.63, 3.8) is 0 Å². The van der Waals surface area contributed by atoms with E-state index in [4.69, 9.17) is 4.74 Å². The molecule has 1 amide bonds. The van der Waals surface area contributed by atoms with E-state index in [9.17, 15) is 4.79 Å². The number of carbonyl (C=O) groups excluding carboxylic acids is 1. The average molecular weight is 406 g/mol. The summed E-state index contributed by atoms with van der Waals surface area (Å²) in [5.74, 6) is 0.873. The van der Waals surface area contributed by atoms with Crippen LogP contribution in [0.5, 0.6) is 0 Å². The second kappa shape index (κ2) is 7.78. The highest BCUT2D eigenvalue weighted by Crippen LogP contribution is 2.43. The molecule has 3 fully saturated rings. The molecule has 1 aliphatic carbocycles. The van der Waals surface area contributed by atoms with Gasteiger partial charge in [-0.15, -0.1) is 0 Å². The van der Waals surface area contributed by atoms with Crippen LogP contribution in [0.3, 0.4) is 0 Å². The number of likely N-dealkylation sites (tertiary alicyclic amines) is 1. The molecule has 0 bridgehead atoms. The van der Waals surface area contributed by atoms with Gasteiger partial charge in [0.25, 0.3) is 5.91 Å². The van der Waals surface area contributed by atoms with Gasteiger partial charge in [0, 0.05) is 51.0 Å². The summed E-state index contributed by atoms with van der Waals surface area (Å²) >= 11 is 0. The van der Waals surface area contributed by atoms with Crippen LogP contribution in [-0.2, 0) is 16.1 Å². The van der Waals surface area contributed by atoms with E-state index in [1.54, 1.807) is 6.20 Å². The molecular formula is C25H31N3O2. The standard InChI is InChI=1S/C25H31N3O2/c1-18-10-19(2)12-21(11-18)14-27-16-23(22-4-3-7-26-13-22)25(17-27)24(29)28(8-9-30-25)15-20-5-6-20/h3-4,7,10-13,20,23H,5-6,8-9,14-17H2,1-2H3/t23-,25-/m1/s1. The maximum atomic E-state index is 13.8. The fourth-order valence-electron chi connectivity index (χ4n) is 5.33. The molecule has 3 heterocycles. The Morgan fingerprint density at radius 2 is 2.00 bits per heavy atom. The molecule has 0 N–H and O–H groups in total. The van der Waals surface area contributed by atoms with E-state index < -0.39 is 5.60 Å². The van der Waals surface area contributed by atoms with Crippen LogP contribution in [-0.4, -0.2) is 59.1 Å². The topological polar surface area (TPSA) is 45.7 Å². The monoisotopic (exact) mass is 405 g/mol. The number of nitrogens with zero attached hydrogens (tertiary/aromatic N) is 3. The number of aryl methyl sites for hydroxylation is 2. The van der Waals surface area contributed by atoms with Gasteiger partial charge in [0.1, 0.15) is 0 Å². The van der Waals surface area contributed by atoms with Gasteiger partial charge in [-0.1, -0.05) is 35.4 Å². The zero-order valence-electron chi connectivity index (χ0n) is 18.0. The summed E-state index contributed by atoms with van der Waals surface area (Å²) in [5, 5.41) is 0. The molecule has 2 saturated heterocycles. The Labute approximate surface area is 179 Å². The van der Waals surface area contributed by atoms with E-state index in [1.165, 1.54) is 29.5 Å². The maximum Gasteiger partial charge on any atom is 0.256 e. The zero-order valence-corrected chi connectivity index (χ0v) is 18.0. The maximum absolute atomic E-state index is 13.8. The first kappa shape index (κ1) is 19.7. The molecule has 1 spiro atoms. The minimum Gasteiger partial charge on any atom is -0.361 e. The minimum atomic E-state index is -0.797. The van der Waals surface area contributed by atoms with Crippen molar-refractivity contribution in [3.05, 3.63) is 65.0 Å². The van der Waals surface area contributed by atoms with Crippen molar-refractivity contribution in [1.82, 2.24) is 14.8 Å². The van der Waals surface area contributed by atoms with E-state index in [1.807, 2.05) is 12.3 Å². The lowest BCUT2D eigenvalue weighted by Crippen LogP contribution is -2.60. The number of rotatable bonds is 5. The summed E-state index contributed by atoms with van der Waals surface area (Å²) < 4.78 is 6.39. The quantitative estimate of drug-likeness (QED) is 0.766. The fraction of sp³-hybridized carbons (Fsp3) is 0.520. The van der Waals surface area contributed by atoms with Gasteiger partial charge >= 0.3 is 0 Å². The van der Waals surface area contributed by atoms with Crippen molar-refractivity contribution in [3.8, 4) is 0 Å². The molecule has 30 heavy (non-hydrogen) atoms. The first-order valence-corrected chi connectivity index (χ1v) is 11.2. The number of hydrogen-bond donors (Lipinski definition) is 0. The molecule has 5 heteroatoms. The first-order chi connectivity index (χ1) is 14.5. The minimum absolute atomic E-state index is 0.00612. The molecule has 0 unspecified atom stereocenters. The summed E-state index contributed by atoms with van der Waals surface area (Å²) in [6.45, 7) is 8.79. The van der Waals surface area contributed by atoms with Crippen molar-refractivity contribution < 1.29 is 9.53 Å². The van der Waals surface area contributed by atoms with E-state index in [2.05, 4.69) is 52.9 Å². The van der Waals surface area contributed by atoms with Gasteiger partial charge in [0.05, 0.1) is 6.61 Å². The predicted octanol–water partition coefficient (Wildman–Crippen LogP) is 3.31. The van der Waals surface area contributed by atoms with Gasteiger partial charge < -0.3 is 9.64 Å². The molecule has 0 radical (unpaired) electrons. The van der Waals surface area contributed by atoms with Crippen molar-refractivity contribution in [2.24, 2.45) is 5.92 Å². The fourth-order valence-corrected chi connectivity index (χ4v) is 5.33.